The Labute approximate surface area is 123 Å². The van der Waals surface area contributed by atoms with Crippen LogP contribution in [-0.4, -0.2) is 25.8 Å². The predicted octanol–water partition coefficient (Wildman–Crippen LogP) is 3.92. The summed E-state index contributed by atoms with van der Waals surface area (Å²) >= 11 is 3.42. The quantitative estimate of drug-likeness (QED) is 0.779. The largest absolute Gasteiger partial charge is 0.377 e. The van der Waals surface area contributed by atoms with Gasteiger partial charge in [-0.25, -0.2) is 4.39 Å². The van der Waals surface area contributed by atoms with Gasteiger partial charge in [0.1, 0.15) is 5.82 Å². The Balaban J connectivity index is 2.78. The van der Waals surface area contributed by atoms with Crippen LogP contribution in [0.3, 0.4) is 0 Å². The highest BCUT2D eigenvalue weighted by molar-refractivity contribution is 9.10. The Morgan fingerprint density at radius 2 is 2.11 bits per heavy atom. The van der Waals surface area contributed by atoms with Gasteiger partial charge in [-0.2, -0.15) is 0 Å². The third-order valence-corrected chi connectivity index (χ3v) is 3.97. The lowest BCUT2D eigenvalue weighted by molar-refractivity contribution is 0.0300. The number of halogens is 2. The van der Waals surface area contributed by atoms with Crippen molar-refractivity contribution in [3.8, 4) is 0 Å². The van der Waals surface area contributed by atoms with Crippen LogP contribution in [0, 0.1) is 5.82 Å². The molecule has 19 heavy (non-hydrogen) atoms. The van der Waals surface area contributed by atoms with Crippen LogP contribution in [0.25, 0.3) is 0 Å². The van der Waals surface area contributed by atoms with Gasteiger partial charge in [0, 0.05) is 17.1 Å². The molecule has 1 rings (SSSR count). The summed E-state index contributed by atoms with van der Waals surface area (Å²) in [5.74, 6) is -0.216. The van der Waals surface area contributed by atoms with Crippen LogP contribution in [0.1, 0.15) is 32.3 Å². The van der Waals surface area contributed by atoms with E-state index in [0.29, 0.717) is 6.61 Å². The molecule has 0 aliphatic carbocycles. The molecule has 0 fully saturated rings. The second-order valence-electron chi connectivity index (χ2n) is 4.62. The average Bonchev–Trinajstić information content (AvgIpc) is 2.38. The van der Waals surface area contributed by atoms with Gasteiger partial charge in [-0.05, 0) is 44.5 Å². The molecule has 0 radical (unpaired) electrons. The smallest absolute Gasteiger partial charge is 0.124 e. The molecule has 0 bridgehead atoms. The molecule has 4 heteroatoms. The molecule has 0 heterocycles. The molecule has 1 N–H and O–H groups in total. The Kier molecular flexibility index (Phi) is 7.57. The first-order valence-electron chi connectivity index (χ1n) is 6.85. The first-order valence-corrected chi connectivity index (χ1v) is 7.64. The number of benzene rings is 1. The molecule has 0 aromatic heterocycles. The summed E-state index contributed by atoms with van der Waals surface area (Å²) in [6, 6.07) is 5.08. The standard InChI is InChI=1S/C15H23BrFNO/c1-4-6-15(19-5-2)14(18-3)9-11-7-8-12(17)10-13(11)16/h7-8,10,14-15,18H,4-6,9H2,1-3H3. The van der Waals surface area contributed by atoms with Crippen molar-refractivity contribution in [3.63, 3.8) is 0 Å². The van der Waals surface area contributed by atoms with Gasteiger partial charge in [-0.3, -0.25) is 0 Å². The fourth-order valence-electron chi connectivity index (χ4n) is 2.24. The second kappa shape index (κ2) is 8.67. The topological polar surface area (TPSA) is 21.3 Å². The molecule has 0 aliphatic heterocycles. The normalized spacial score (nSPS) is 14.4. The van der Waals surface area contributed by atoms with E-state index in [1.165, 1.54) is 12.1 Å². The molecular formula is C15H23BrFNO. The monoisotopic (exact) mass is 331 g/mol. The summed E-state index contributed by atoms with van der Waals surface area (Å²) in [6.45, 7) is 4.89. The van der Waals surface area contributed by atoms with Crippen LogP contribution in [0.4, 0.5) is 4.39 Å². The van der Waals surface area contributed by atoms with E-state index in [0.717, 1.165) is 29.3 Å². The van der Waals surface area contributed by atoms with Crippen molar-refractivity contribution in [1.82, 2.24) is 5.32 Å². The van der Waals surface area contributed by atoms with Gasteiger partial charge in [0.2, 0.25) is 0 Å². The molecule has 0 amide bonds. The molecule has 2 atom stereocenters. The maximum Gasteiger partial charge on any atom is 0.124 e. The Morgan fingerprint density at radius 1 is 1.37 bits per heavy atom. The number of rotatable bonds is 8. The molecule has 0 saturated carbocycles. The van der Waals surface area contributed by atoms with Gasteiger partial charge in [0.25, 0.3) is 0 Å². The zero-order valence-electron chi connectivity index (χ0n) is 11.9. The zero-order chi connectivity index (χ0) is 14.3. The molecule has 1 aromatic rings. The van der Waals surface area contributed by atoms with E-state index in [1.807, 2.05) is 20.0 Å². The van der Waals surface area contributed by atoms with E-state index in [-0.39, 0.29) is 18.0 Å². The van der Waals surface area contributed by atoms with Gasteiger partial charge in [-0.15, -0.1) is 0 Å². The molecule has 0 saturated heterocycles. The fraction of sp³-hybridized carbons (Fsp3) is 0.600. The molecule has 2 nitrogen and oxygen atoms in total. The van der Waals surface area contributed by atoms with Crippen molar-refractivity contribution >= 4 is 15.9 Å². The summed E-state index contributed by atoms with van der Waals surface area (Å²) in [5.41, 5.74) is 1.10. The van der Waals surface area contributed by atoms with Crippen molar-refractivity contribution < 1.29 is 9.13 Å². The van der Waals surface area contributed by atoms with E-state index >= 15 is 0 Å². The van der Waals surface area contributed by atoms with Crippen molar-refractivity contribution in [2.24, 2.45) is 0 Å². The first-order chi connectivity index (χ1) is 9.12. The van der Waals surface area contributed by atoms with Crippen molar-refractivity contribution in [2.45, 2.75) is 45.3 Å². The summed E-state index contributed by atoms with van der Waals surface area (Å²) in [7, 11) is 1.95. The third-order valence-electron chi connectivity index (χ3n) is 3.23. The van der Waals surface area contributed by atoms with E-state index in [4.69, 9.17) is 4.74 Å². The van der Waals surface area contributed by atoms with E-state index < -0.39 is 0 Å². The lowest BCUT2D eigenvalue weighted by Gasteiger charge is -2.27. The number of hydrogen-bond donors (Lipinski definition) is 1. The minimum absolute atomic E-state index is 0.192. The van der Waals surface area contributed by atoms with E-state index in [9.17, 15) is 4.39 Å². The molecule has 2 unspecified atom stereocenters. The summed E-state index contributed by atoms with van der Waals surface area (Å²) in [6.07, 6.45) is 3.13. The third kappa shape index (κ3) is 5.21. The van der Waals surface area contributed by atoms with E-state index in [1.54, 1.807) is 0 Å². The zero-order valence-corrected chi connectivity index (χ0v) is 13.5. The first kappa shape index (κ1) is 16.6. The number of ether oxygens (including phenoxy) is 1. The maximum absolute atomic E-state index is 13.1. The predicted molar refractivity (Wildman–Crippen MR) is 81.0 cm³/mol. The molecule has 0 spiro atoms. The van der Waals surface area contributed by atoms with Crippen LogP contribution in [0.5, 0.6) is 0 Å². The van der Waals surface area contributed by atoms with Crippen molar-refractivity contribution in [1.29, 1.82) is 0 Å². The summed E-state index contributed by atoms with van der Waals surface area (Å²) in [4.78, 5) is 0. The molecule has 108 valence electrons. The van der Waals surface area contributed by atoms with Crippen LogP contribution in [-0.2, 0) is 11.2 Å². The highest BCUT2D eigenvalue weighted by Crippen LogP contribution is 2.21. The highest BCUT2D eigenvalue weighted by atomic mass is 79.9. The number of hydrogen-bond acceptors (Lipinski definition) is 2. The Bertz CT molecular complexity index is 380. The van der Waals surface area contributed by atoms with Gasteiger partial charge < -0.3 is 10.1 Å². The van der Waals surface area contributed by atoms with Crippen molar-refractivity contribution in [3.05, 3.63) is 34.1 Å². The fourth-order valence-corrected chi connectivity index (χ4v) is 2.76. The molecule has 0 aliphatic rings. The summed E-state index contributed by atoms with van der Waals surface area (Å²) < 4.78 is 19.7. The van der Waals surface area contributed by atoms with Crippen LogP contribution < -0.4 is 5.32 Å². The minimum Gasteiger partial charge on any atom is -0.377 e. The summed E-state index contributed by atoms with van der Waals surface area (Å²) in [5, 5.41) is 3.32. The lowest BCUT2D eigenvalue weighted by Crippen LogP contribution is -2.41. The second-order valence-corrected chi connectivity index (χ2v) is 5.47. The van der Waals surface area contributed by atoms with Crippen LogP contribution in [0.15, 0.2) is 22.7 Å². The number of likely N-dealkylation sites (N-methyl/N-ethyl adjacent to an activating group) is 1. The van der Waals surface area contributed by atoms with Gasteiger partial charge >= 0.3 is 0 Å². The van der Waals surface area contributed by atoms with Gasteiger partial charge in [0.05, 0.1) is 6.10 Å². The van der Waals surface area contributed by atoms with Crippen LogP contribution >= 0.6 is 15.9 Å². The molecular weight excluding hydrogens is 309 g/mol. The van der Waals surface area contributed by atoms with Crippen LogP contribution in [0.2, 0.25) is 0 Å². The Morgan fingerprint density at radius 3 is 2.63 bits per heavy atom. The Hall–Kier alpha value is -0.450. The van der Waals surface area contributed by atoms with Crippen molar-refractivity contribution in [2.75, 3.05) is 13.7 Å². The SMILES string of the molecule is CCCC(OCC)C(Cc1ccc(F)cc1Br)NC. The number of nitrogens with one attached hydrogen (secondary N) is 1. The van der Waals surface area contributed by atoms with E-state index in [2.05, 4.69) is 28.2 Å². The average molecular weight is 332 g/mol. The van der Waals surface area contributed by atoms with Gasteiger partial charge in [0.15, 0.2) is 0 Å². The maximum atomic E-state index is 13.1. The van der Waals surface area contributed by atoms with Gasteiger partial charge in [-0.1, -0.05) is 35.3 Å². The molecule has 1 aromatic carbocycles. The highest BCUT2D eigenvalue weighted by Gasteiger charge is 2.20. The minimum atomic E-state index is -0.216. The lowest BCUT2D eigenvalue weighted by atomic mass is 9.98.